The fourth-order valence-corrected chi connectivity index (χ4v) is 7.04. The van der Waals surface area contributed by atoms with Gasteiger partial charge in [-0.05, 0) is 73.8 Å². The molecule has 0 aromatic carbocycles. The van der Waals surface area contributed by atoms with Gasteiger partial charge in [-0.3, -0.25) is 0 Å². The van der Waals surface area contributed by atoms with Gasteiger partial charge in [-0.25, -0.2) is 0 Å². The molecule has 3 saturated carbocycles. The number of aliphatic hydroxyl groups is 3. The fourth-order valence-electron chi connectivity index (χ4n) is 7.04. The lowest BCUT2D eigenvalue weighted by molar-refractivity contribution is -0.242. The van der Waals surface area contributed by atoms with Crippen molar-refractivity contribution in [2.75, 3.05) is 14.2 Å². The summed E-state index contributed by atoms with van der Waals surface area (Å²) in [7, 11) is 3.48. The van der Waals surface area contributed by atoms with Crippen LogP contribution in [0.25, 0.3) is 0 Å². The number of fused-ring (bicyclic) bond motifs is 4. The van der Waals surface area contributed by atoms with E-state index in [1.54, 1.807) is 14.2 Å². The molecule has 4 aliphatic carbocycles. The molecule has 1 unspecified atom stereocenters. The predicted octanol–water partition coefficient (Wildman–Crippen LogP) is 1.12. The molecule has 4 aliphatic rings. The highest BCUT2D eigenvalue weighted by Gasteiger charge is 2.68. The van der Waals surface area contributed by atoms with Gasteiger partial charge in [0.1, 0.15) is 17.3 Å². The average Bonchev–Trinajstić information content (AvgIpc) is 2.88. The Bertz CT molecular complexity index is 626. The third-order valence-corrected chi connectivity index (χ3v) is 8.72. The van der Waals surface area contributed by atoms with Crippen LogP contribution in [0.3, 0.4) is 0 Å². The third kappa shape index (κ3) is 2.47. The van der Waals surface area contributed by atoms with E-state index in [9.17, 15) is 15.3 Å². The van der Waals surface area contributed by atoms with Crippen molar-refractivity contribution < 1.29 is 24.8 Å². The maximum Gasteiger partial charge on any atom is 0.115 e. The van der Waals surface area contributed by atoms with E-state index in [-0.39, 0.29) is 23.4 Å². The second kappa shape index (κ2) is 6.51. The number of hydrogen-bond acceptors (Lipinski definition) is 6. The lowest BCUT2D eigenvalue weighted by atomic mass is 9.54. The summed E-state index contributed by atoms with van der Waals surface area (Å²) >= 11 is 0. The molecule has 0 amide bonds. The zero-order chi connectivity index (χ0) is 19.6. The van der Waals surface area contributed by atoms with Gasteiger partial charge in [0.25, 0.3) is 0 Å². The largest absolute Gasteiger partial charge is 0.393 e. The van der Waals surface area contributed by atoms with Crippen LogP contribution in [0, 0.1) is 17.3 Å². The van der Waals surface area contributed by atoms with Crippen molar-refractivity contribution in [3.8, 4) is 0 Å². The third-order valence-electron chi connectivity index (χ3n) is 8.72. The van der Waals surface area contributed by atoms with E-state index in [1.807, 2.05) is 0 Å². The molecule has 0 aliphatic heterocycles. The first kappa shape index (κ1) is 19.8. The summed E-state index contributed by atoms with van der Waals surface area (Å²) in [5, 5.41) is 31.9. The molecule has 154 valence electrons. The van der Waals surface area contributed by atoms with Gasteiger partial charge in [-0.15, -0.1) is 0 Å². The van der Waals surface area contributed by atoms with E-state index in [1.165, 1.54) is 0 Å². The summed E-state index contributed by atoms with van der Waals surface area (Å²) in [6.45, 7) is 2.19. The van der Waals surface area contributed by atoms with Gasteiger partial charge in [0.2, 0.25) is 0 Å². The van der Waals surface area contributed by atoms with E-state index >= 15 is 0 Å². The van der Waals surface area contributed by atoms with Crippen LogP contribution in [0.5, 0.6) is 0 Å². The molecule has 6 heteroatoms. The van der Waals surface area contributed by atoms with Crippen LogP contribution < -0.4 is 5.73 Å². The molecule has 6 nitrogen and oxygen atoms in total. The number of rotatable bonds is 2. The summed E-state index contributed by atoms with van der Waals surface area (Å²) in [5.74, 6) is 0.312. The van der Waals surface area contributed by atoms with Crippen molar-refractivity contribution in [2.45, 2.75) is 87.4 Å². The van der Waals surface area contributed by atoms with Crippen LogP contribution in [-0.4, -0.2) is 65.1 Å². The number of aliphatic hydroxyl groups excluding tert-OH is 3. The fraction of sp³-hybridized carbons (Fsp3) is 0.905. The minimum Gasteiger partial charge on any atom is -0.393 e. The Morgan fingerprint density at radius 2 is 1.78 bits per heavy atom. The molecule has 4 rings (SSSR count). The Hall–Kier alpha value is -0.500. The van der Waals surface area contributed by atoms with Crippen molar-refractivity contribution in [1.29, 1.82) is 0 Å². The molecular weight excluding hydrogens is 346 g/mol. The second-order valence-corrected chi connectivity index (χ2v) is 9.55. The van der Waals surface area contributed by atoms with E-state index in [2.05, 4.69) is 13.0 Å². The highest BCUT2D eigenvalue weighted by molar-refractivity contribution is 5.33. The number of ether oxygens (including phenoxy) is 2. The first-order valence-electron chi connectivity index (χ1n) is 10.4. The van der Waals surface area contributed by atoms with Gasteiger partial charge in [0.05, 0.1) is 12.2 Å². The lowest BCUT2D eigenvalue weighted by Crippen LogP contribution is -2.66. The van der Waals surface area contributed by atoms with Crippen molar-refractivity contribution in [2.24, 2.45) is 23.0 Å². The molecule has 0 heterocycles. The highest BCUT2D eigenvalue weighted by Crippen LogP contribution is 2.64. The molecule has 0 aromatic heterocycles. The summed E-state index contributed by atoms with van der Waals surface area (Å²) < 4.78 is 12.5. The first-order chi connectivity index (χ1) is 12.7. The minimum absolute atomic E-state index is 0.126. The molecule has 0 radical (unpaired) electrons. The van der Waals surface area contributed by atoms with Crippen LogP contribution >= 0.6 is 0 Å². The van der Waals surface area contributed by atoms with Gasteiger partial charge in [0.15, 0.2) is 0 Å². The Labute approximate surface area is 161 Å². The zero-order valence-electron chi connectivity index (χ0n) is 16.7. The summed E-state index contributed by atoms with van der Waals surface area (Å²) in [4.78, 5) is 0. The zero-order valence-corrected chi connectivity index (χ0v) is 16.7. The van der Waals surface area contributed by atoms with E-state index in [0.29, 0.717) is 6.42 Å². The average molecular weight is 382 g/mol. The normalized spacial score (nSPS) is 55.1. The molecule has 9 atom stereocenters. The standard InChI is InChI=1S/C21H35NO5/c1-19-8-9-20(26-2)11-13-12(10-14(22)18(25)17(13)24)6-7-21(20,27-3)15(19)4-5-16(19)23/h11-12,14-18,23-25H,4-10,22H2,1-3H3/t12?,14-,15+,16-,17+,18+,19-,20-,21-/m0/s1. The summed E-state index contributed by atoms with van der Waals surface area (Å²) in [6.07, 6.45) is 5.43. The van der Waals surface area contributed by atoms with Crippen LogP contribution in [0.4, 0.5) is 0 Å². The summed E-state index contributed by atoms with van der Waals surface area (Å²) in [5.41, 5.74) is 5.56. The highest BCUT2D eigenvalue weighted by atomic mass is 16.5. The molecular formula is C21H35NO5. The molecule has 0 aromatic rings. The SMILES string of the molecule is CO[C@@]12C=C3C(CC[C@]1(OC)[C@@H]1CC[C@H](O)[C@@]1(C)CC2)C[C@H](N)[C@@H](O)[C@@H]3O. The Kier molecular flexibility index (Phi) is 4.77. The topological polar surface area (TPSA) is 105 Å². The minimum atomic E-state index is -0.957. The van der Waals surface area contributed by atoms with Crippen molar-refractivity contribution in [1.82, 2.24) is 0 Å². The van der Waals surface area contributed by atoms with Gasteiger partial charge in [0, 0.05) is 20.3 Å². The Morgan fingerprint density at radius 3 is 2.44 bits per heavy atom. The maximum absolute atomic E-state index is 10.8. The van der Waals surface area contributed by atoms with Crippen molar-refractivity contribution >= 4 is 0 Å². The molecule has 27 heavy (non-hydrogen) atoms. The number of hydrogen-bond donors (Lipinski definition) is 4. The monoisotopic (exact) mass is 381 g/mol. The van der Waals surface area contributed by atoms with Crippen LogP contribution in [0.15, 0.2) is 11.6 Å². The summed E-state index contributed by atoms with van der Waals surface area (Å²) in [6, 6.07) is -0.419. The van der Waals surface area contributed by atoms with Crippen LogP contribution in [0.1, 0.15) is 51.9 Å². The van der Waals surface area contributed by atoms with E-state index < -0.39 is 29.5 Å². The number of nitrogens with two attached hydrogens (primary N) is 1. The lowest BCUT2D eigenvalue weighted by Gasteiger charge is -2.59. The van der Waals surface area contributed by atoms with Crippen LogP contribution in [0.2, 0.25) is 0 Å². The first-order valence-corrected chi connectivity index (χ1v) is 10.4. The molecule has 0 saturated heterocycles. The van der Waals surface area contributed by atoms with Crippen molar-refractivity contribution in [3.05, 3.63) is 11.6 Å². The van der Waals surface area contributed by atoms with Crippen molar-refractivity contribution in [3.63, 3.8) is 0 Å². The second-order valence-electron chi connectivity index (χ2n) is 9.55. The maximum atomic E-state index is 10.8. The molecule has 0 spiro atoms. The van der Waals surface area contributed by atoms with Gasteiger partial charge in [-0.2, -0.15) is 0 Å². The molecule has 0 bridgehead atoms. The van der Waals surface area contributed by atoms with Gasteiger partial charge >= 0.3 is 0 Å². The predicted molar refractivity (Wildman–Crippen MR) is 101 cm³/mol. The molecule has 5 N–H and O–H groups in total. The Balaban J connectivity index is 1.84. The van der Waals surface area contributed by atoms with E-state index in [4.69, 9.17) is 15.2 Å². The van der Waals surface area contributed by atoms with E-state index in [0.717, 1.165) is 44.1 Å². The van der Waals surface area contributed by atoms with Gasteiger partial charge in [-0.1, -0.05) is 6.92 Å². The smallest absolute Gasteiger partial charge is 0.115 e. The van der Waals surface area contributed by atoms with Gasteiger partial charge < -0.3 is 30.5 Å². The number of methoxy groups -OCH3 is 2. The Morgan fingerprint density at radius 1 is 1.04 bits per heavy atom. The molecule has 3 fully saturated rings. The quantitative estimate of drug-likeness (QED) is 0.534. The van der Waals surface area contributed by atoms with Crippen LogP contribution in [-0.2, 0) is 9.47 Å².